The zero-order valence-corrected chi connectivity index (χ0v) is 14.8. The minimum atomic E-state index is 0.539. The van der Waals surface area contributed by atoms with Crippen LogP contribution >= 0.6 is 0 Å². The number of hydrogen-bond acceptors (Lipinski definition) is 2. The maximum Gasteiger partial charge on any atom is 0.0131 e. The van der Waals surface area contributed by atoms with Gasteiger partial charge in [-0.15, -0.1) is 0 Å². The fourth-order valence-electron chi connectivity index (χ4n) is 5.45. The van der Waals surface area contributed by atoms with Gasteiger partial charge in [0.25, 0.3) is 0 Å². The Bertz CT molecular complexity index is 357. The van der Waals surface area contributed by atoms with Gasteiger partial charge in [-0.3, -0.25) is 0 Å². The summed E-state index contributed by atoms with van der Waals surface area (Å²) in [6.07, 6.45) is 9.76. The van der Waals surface area contributed by atoms with Crippen LogP contribution in [0.25, 0.3) is 0 Å². The normalized spacial score (nSPS) is 40.0. The van der Waals surface area contributed by atoms with Crippen molar-refractivity contribution in [3.05, 3.63) is 0 Å². The minimum Gasteiger partial charge on any atom is -0.311 e. The molecule has 1 saturated heterocycles. The summed E-state index contributed by atoms with van der Waals surface area (Å²) in [7, 11) is 0. The van der Waals surface area contributed by atoms with Gasteiger partial charge in [-0.05, 0) is 74.9 Å². The first-order valence-electron chi connectivity index (χ1n) is 9.46. The standard InChI is InChI=1S/C19H36N2/c1-5-6-11-21-12-8-16(9-13-21)20-17-14-15-7-10-19(17,4)18(15,2)3/h15-17,20H,5-14H2,1-4H3. The van der Waals surface area contributed by atoms with Crippen molar-refractivity contribution >= 4 is 0 Å². The first kappa shape index (κ1) is 15.8. The monoisotopic (exact) mass is 292 g/mol. The molecular weight excluding hydrogens is 256 g/mol. The Morgan fingerprint density at radius 1 is 1.10 bits per heavy atom. The summed E-state index contributed by atoms with van der Waals surface area (Å²) in [6.45, 7) is 13.9. The van der Waals surface area contributed by atoms with Crippen LogP contribution in [0.4, 0.5) is 0 Å². The van der Waals surface area contributed by atoms with E-state index in [-0.39, 0.29) is 0 Å². The highest BCUT2D eigenvalue weighted by molar-refractivity contribution is 5.13. The van der Waals surface area contributed by atoms with E-state index < -0.39 is 0 Å². The van der Waals surface area contributed by atoms with Crippen LogP contribution in [-0.4, -0.2) is 36.6 Å². The van der Waals surface area contributed by atoms with Gasteiger partial charge in [0.05, 0.1) is 0 Å². The second kappa shape index (κ2) is 5.85. The lowest BCUT2D eigenvalue weighted by Gasteiger charge is -2.42. The number of nitrogens with one attached hydrogen (secondary N) is 1. The molecule has 122 valence electrons. The Hall–Kier alpha value is -0.0800. The average molecular weight is 293 g/mol. The Labute approximate surface area is 132 Å². The van der Waals surface area contributed by atoms with Gasteiger partial charge in [0.15, 0.2) is 0 Å². The topological polar surface area (TPSA) is 15.3 Å². The number of unbranched alkanes of at least 4 members (excludes halogenated alkanes) is 1. The van der Waals surface area contributed by atoms with E-state index in [2.05, 4.69) is 37.9 Å². The van der Waals surface area contributed by atoms with Crippen molar-refractivity contribution in [3.8, 4) is 0 Å². The van der Waals surface area contributed by atoms with Crippen LogP contribution < -0.4 is 5.32 Å². The highest BCUT2D eigenvalue weighted by atomic mass is 15.1. The predicted molar refractivity (Wildman–Crippen MR) is 90.5 cm³/mol. The molecule has 21 heavy (non-hydrogen) atoms. The van der Waals surface area contributed by atoms with E-state index in [0.717, 1.165) is 18.0 Å². The number of fused-ring (bicyclic) bond motifs is 2. The van der Waals surface area contributed by atoms with Crippen LogP contribution in [0.3, 0.4) is 0 Å². The van der Waals surface area contributed by atoms with E-state index in [4.69, 9.17) is 0 Å². The Balaban J connectivity index is 1.51. The summed E-state index contributed by atoms with van der Waals surface area (Å²) >= 11 is 0. The van der Waals surface area contributed by atoms with Crippen LogP contribution in [0.1, 0.15) is 72.6 Å². The second-order valence-electron chi connectivity index (χ2n) is 8.80. The van der Waals surface area contributed by atoms with Crippen molar-refractivity contribution in [1.82, 2.24) is 10.2 Å². The van der Waals surface area contributed by atoms with E-state index >= 15 is 0 Å². The third-order valence-corrected chi connectivity index (χ3v) is 7.65. The highest BCUT2D eigenvalue weighted by Crippen LogP contribution is 2.65. The zero-order chi connectivity index (χ0) is 15.1. The average Bonchev–Trinajstić information content (AvgIpc) is 2.80. The molecule has 0 aromatic rings. The van der Waals surface area contributed by atoms with E-state index in [1.807, 2.05) is 0 Å². The minimum absolute atomic E-state index is 0.539. The van der Waals surface area contributed by atoms with Crippen molar-refractivity contribution in [2.24, 2.45) is 16.7 Å². The van der Waals surface area contributed by atoms with Crippen LogP contribution in [0.2, 0.25) is 0 Å². The van der Waals surface area contributed by atoms with Gasteiger partial charge in [-0.2, -0.15) is 0 Å². The summed E-state index contributed by atoms with van der Waals surface area (Å²) in [5, 5.41) is 4.10. The Kier molecular flexibility index (Phi) is 4.40. The molecule has 2 bridgehead atoms. The molecule has 3 atom stereocenters. The van der Waals surface area contributed by atoms with Gasteiger partial charge in [0.1, 0.15) is 0 Å². The quantitative estimate of drug-likeness (QED) is 0.822. The lowest BCUT2D eigenvalue weighted by atomic mass is 9.69. The molecule has 2 heteroatoms. The fraction of sp³-hybridized carbons (Fsp3) is 1.00. The van der Waals surface area contributed by atoms with Gasteiger partial charge in [-0.1, -0.05) is 34.1 Å². The van der Waals surface area contributed by atoms with Gasteiger partial charge in [0, 0.05) is 12.1 Å². The Morgan fingerprint density at radius 2 is 1.81 bits per heavy atom. The van der Waals surface area contributed by atoms with Crippen LogP contribution in [0, 0.1) is 16.7 Å². The number of rotatable bonds is 5. The number of piperidine rings is 1. The molecule has 1 N–H and O–H groups in total. The summed E-state index contributed by atoms with van der Waals surface area (Å²) in [6, 6.07) is 1.55. The third-order valence-electron chi connectivity index (χ3n) is 7.65. The summed E-state index contributed by atoms with van der Waals surface area (Å²) in [5.41, 5.74) is 1.09. The fourth-order valence-corrected chi connectivity index (χ4v) is 5.45. The SMILES string of the molecule is CCCCN1CCC(NC2CC3CCC2(C)C3(C)C)CC1. The highest BCUT2D eigenvalue weighted by Gasteiger charge is 2.61. The van der Waals surface area contributed by atoms with Gasteiger partial charge < -0.3 is 10.2 Å². The summed E-state index contributed by atoms with van der Waals surface area (Å²) in [4.78, 5) is 2.67. The van der Waals surface area contributed by atoms with Gasteiger partial charge in [-0.25, -0.2) is 0 Å². The van der Waals surface area contributed by atoms with E-state index in [1.54, 1.807) is 0 Å². The molecule has 2 aliphatic carbocycles. The first-order valence-corrected chi connectivity index (χ1v) is 9.46. The molecule has 0 aromatic carbocycles. The van der Waals surface area contributed by atoms with Crippen molar-refractivity contribution in [3.63, 3.8) is 0 Å². The lowest BCUT2D eigenvalue weighted by Crippen LogP contribution is -2.51. The van der Waals surface area contributed by atoms with Crippen LogP contribution in [0.5, 0.6) is 0 Å². The molecule has 0 radical (unpaired) electrons. The van der Waals surface area contributed by atoms with Crippen molar-refractivity contribution < 1.29 is 0 Å². The van der Waals surface area contributed by atoms with Crippen molar-refractivity contribution in [2.75, 3.05) is 19.6 Å². The van der Waals surface area contributed by atoms with Crippen molar-refractivity contribution in [2.45, 2.75) is 84.7 Å². The first-order chi connectivity index (χ1) is 9.97. The smallest absolute Gasteiger partial charge is 0.0131 e. The lowest BCUT2D eigenvalue weighted by molar-refractivity contribution is 0.103. The van der Waals surface area contributed by atoms with E-state index in [9.17, 15) is 0 Å². The predicted octanol–water partition coefficient (Wildman–Crippen LogP) is 4.06. The third kappa shape index (κ3) is 2.67. The zero-order valence-electron chi connectivity index (χ0n) is 14.8. The largest absolute Gasteiger partial charge is 0.311 e. The molecule has 1 aliphatic heterocycles. The number of hydrogen-bond donors (Lipinski definition) is 1. The molecule has 2 saturated carbocycles. The maximum absolute atomic E-state index is 4.10. The molecule has 3 unspecified atom stereocenters. The molecular formula is C19H36N2. The molecule has 0 aromatic heterocycles. The van der Waals surface area contributed by atoms with Crippen molar-refractivity contribution in [1.29, 1.82) is 0 Å². The van der Waals surface area contributed by atoms with E-state index in [0.29, 0.717) is 10.8 Å². The summed E-state index contributed by atoms with van der Waals surface area (Å²) < 4.78 is 0. The molecule has 3 aliphatic rings. The molecule has 2 nitrogen and oxygen atoms in total. The molecule has 1 heterocycles. The second-order valence-corrected chi connectivity index (χ2v) is 8.80. The molecule has 3 rings (SSSR count). The number of likely N-dealkylation sites (tertiary alicyclic amines) is 1. The Morgan fingerprint density at radius 3 is 2.33 bits per heavy atom. The molecule has 0 spiro atoms. The van der Waals surface area contributed by atoms with E-state index in [1.165, 1.54) is 64.6 Å². The van der Waals surface area contributed by atoms with Gasteiger partial charge >= 0.3 is 0 Å². The molecule has 0 amide bonds. The van der Waals surface area contributed by atoms with Crippen LogP contribution in [-0.2, 0) is 0 Å². The maximum atomic E-state index is 4.10. The number of nitrogens with zero attached hydrogens (tertiary/aromatic N) is 1. The van der Waals surface area contributed by atoms with Gasteiger partial charge in [0.2, 0.25) is 0 Å². The summed E-state index contributed by atoms with van der Waals surface area (Å²) in [5.74, 6) is 0.963. The molecule has 3 fully saturated rings. The van der Waals surface area contributed by atoms with Crippen LogP contribution in [0.15, 0.2) is 0 Å².